The number of nitrogens with one attached hydrogen (secondary N) is 2. The number of hydrogen-bond donors (Lipinski definition) is 2. The maximum atomic E-state index is 12.9. The largest absolute Gasteiger partial charge is 0.334 e. The summed E-state index contributed by atoms with van der Waals surface area (Å²) in [5.41, 5.74) is 1.55. The molecule has 1 aliphatic rings. The number of aromatic nitrogens is 1. The standard InChI is InChI=1S/C19H23N3O2.ClH/c1-2-12-22(15-10-11-20-13-15)19(24)16-8-9-17(21-18(16)23)14-6-4-3-5-7-14;/h3-9,15,20H,2,10-13H2,1H3,(H,21,23);1H. The first-order valence-corrected chi connectivity index (χ1v) is 8.51. The molecular weight excluding hydrogens is 338 g/mol. The Hall–Kier alpha value is -2.11. The SMILES string of the molecule is CCCN(C(=O)c1ccc(-c2ccccc2)[nH]c1=O)C1CCNC1.Cl. The Morgan fingerprint density at radius 3 is 2.56 bits per heavy atom. The molecular formula is C19H24ClN3O2. The van der Waals surface area contributed by atoms with Crippen LogP contribution in [0.1, 0.15) is 30.1 Å². The maximum Gasteiger partial charge on any atom is 0.261 e. The van der Waals surface area contributed by atoms with Gasteiger partial charge in [0.05, 0.1) is 0 Å². The zero-order valence-electron chi connectivity index (χ0n) is 14.3. The van der Waals surface area contributed by atoms with Crippen LogP contribution in [-0.4, -0.2) is 41.5 Å². The summed E-state index contributed by atoms with van der Waals surface area (Å²) in [5, 5.41) is 3.28. The van der Waals surface area contributed by atoms with E-state index in [0.29, 0.717) is 6.54 Å². The van der Waals surface area contributed by atoms with Crippen LogP contribution in [0.3, 0.4) is 0 Å². The molecule has 0 bridgehead atoms. The van der Waals surface area contributed by atoms with Crippen LogP contribution in [0.4, 0.5) is 0 Å². The number of carbonyl (C=O) groups excluding carboxylic acids is 1. The van der Waals surface area contributed by atoms with Crippen LogP contribution >= 0.6 is 12.4 Å². The second kappa shape index (κ2) is 8.83. The highest BCUT2D eigenvalue weighted by atomic mass is 35.5. The predicted molar refractivity (Wildman–Crippen MR) is 102 cm³/mol. The van der Waals surface area contributed by atoms with Crippen LogP contribution in [0.15, 0.2) is 47.3 Å². The average Bonchev–Trinajstić information content (AvgIpc) is 3.14. The van der Waals surface area contributed by atoms with E-state index < -0.39 is 0 Å². The van der Waals surface area contributed by atoms with Gasteiger partial charge in [-0.25, -0.2) is 0 Å². The predicted octanol–water partition coefficient (Wildman–Crippen LogP) is 2.68. The summed E-state index contributed by atoms with van der Waals surface area (Å²) < 4.78 is 0. The molecule has 2 N–H and O–H groups in total. The normalized spacial score (nSPS) is 16.3. The highest BCUT2D eigenvalue weighted by Gasteiger charge is 2.28. The molecule has 2 heterocycles. The molecule has 1 amide bonds. The first-order valence-electron chi connectivity index (χ1n) is 8.51. The van der Waals surface area contributed by atoms with E-state index in [1.165, 1.54) is 0 Å². The molecule has 1 fully saturated rings. The van der Waals surface area contributed by atoms with Crippen molar-refractivity contribution in [1.29, 1.82) is 0 Å². The van der Waals surface area contributed by atoms with E-state index >= 15 is 0 Å². The lowest BCUT2D eigenvalue weighted by Crippen LogP contribution is -2.43. The summed E-state index contributed by atoms with van der Waals surface area (Å²) in [6.07, 6.45) is 1.81. The molecule has 3 rings (SSSR count). The van der Waals surface area contributed by atoms with E-state index in [1.54, 1.807) is 12.1 Å². The van der Waals surface area contributed by atoms with Gasteiger partial charge in [-0.1, -0.05) is 37.3 Å². The summed E-state index contributed by atoms with van der Waals surface area (Å²) in [4.78, 5) is 30.0. The van der Waals surface area contributed by atoms with Crippen LogP contribution < -0.4 is 10.9 Å². The fourth-order valence-corrected chi connectivity index (χ4v) is 3.18. The lowest BCUT2D eigenvalue weighted by Gasteiger charge is -2.28. The number of rotatable bonds is 5. The molecule has 1 aliphatic heterocycles. The van der Waals surface area contributed by atoms with Crippen molar-refractivity contribution in [1.82, 2.24) is 15.2 Å². The Labute approximate surface area is 153 Å². The smallest absolute Gasteiger partial charge is 0.261 e. The molecule has 0 aliphatic carbocycles. The number of pyridine rings is 1. The second-order valence-corrected chi connectivity index (χ2v) is 6.13. The molecule has 134 valence electrons. The molecule has 0 saturated carbocycles. The molecule has 5 nitrogen and oxygen atoms in total. The van der Waals surface area contributed by atoms with E-state index in [4.69, 9.17) is 0 Å². The first-order chi connectivity index (χ1) is 11.7. The van der Waals surface area contributed by atoms with Crippen molar-refractivity contribution in [2.75, 3.05) is 19.6 Å². The van der Waals surface area contributed by atoms with Gasteiger partial charge in [0.1, 0.15) is 5.56 Å². The van der Waals surface area contributed by atoms with Gasteiger partial charge in [-0.2, -0.15) is 0 Å². The second-order valence-electron chi connectivity index (χ2n) is 6.13. The number of amides is 1. The van der Waals surface area contributed by atoms with Crippen molar-refractivity contribution in [2.45, 2.75) is 25.8 Å². The average molecular weight is 362 g/mol. The highest BCUT2D eigenvalue weighted by Crippen LogP contribution is 2.16. The van der Waals surface area contributed by atoms with Crippen LogP contribution in [0.2, 0.25) is 0 Å². The van der Waals surface area contributed by atoms with Gasteiger partial charge in [0.15, 0.2) is 0 Å². The van der Waals surface area contributed by atoms with Crippen LogP contribution in [0.5, 0.6) is 0 Å². The zero-order valence-corrected chi connectivity index (χ0v) is 15.1. The molecule has 6 heteroatoms. The van der Waals surface area contributed by atoms with Gasteiger partial charge >= 0.3 is 0 Å². The number of halogens is 1. The van der Waals surface area contributed by atoms with Gasteiger partial charge in [0, 0.05) is 24.8 Å². The van der Waals surface area contributed by atoms with Crippen molar-refractivity contribution in [3.63, 3.8) is 0 Å². The molecule has 0 spiro atoms. The topological polar surface area (TPSA) is 65.2 Å². The lowest BCUT2D eigenvalue weighted by molar-refractivity contribution is 0.0690. The number of aromatic amines is 1. The van der Waals surface area contributed by atoms with Gasteiger partial charge < -0.3 is 15.2 Å². The van der Waals surface area contributed by atoms with Gasteiger partial charge in [-0.05, 0) is 37.1 Å². The Morgan fingerprint density at radius 2 is 1.96 bits per heavy atom. The minimum absolute atomic E-state index is 0. The Balaban J connectivity index is 0.00000225. The van der Waals surface area contributed by atoms with Crippen LogP contribution in [-0.2, 0) is 0 Å². The quantitative estimate of drug-likeness (QED) is 0.860. The zero-order chi connectivity index (χ0) is 16.9. The number of carbonyl (C=O) groups is 1. The van der Waals surface area contributed by atoms with E-state index in [0.717, 1.165) is 37.2 Å². The van der Waals surface area contributed by atoms with Gasteiger partial charge in [0.2, 0.25) is 0 Å². The van der Waals surface area contributed by atoms with Gasteiger partial charge in [-0.3, -0.25) is 9.59 Å². The molecule has 1 aromatic carbocycles. The summed E-state index contributed by atoms with van der Waals surface area (Å²) in [5.74, 6) is -0.175. The van der Waals surface area contributed by atoms with Gasteiger partial charge in [-0.15, -0.1) is 12.4 Å². The molecule has 2 aromatic rings. The Bertz CT molecular complexity index is 755. The third-order valence-corrected chi connectivity index (χ3v) is 4.43. The molecule has 1 atom stereocenters. The summed E-state index contributed by atoms with van der Waals surface area (Å²) >= 11 is 0. The first kappa shape index (κ1) is 19.2. The van der Waals surface area contributed by atoms with E-state index in [2.05, 4.69) is 10.3 Å². The third-order valence-electron chi connectivity index (χ3n) is 4.43. The maximum absolute atomic E-state index is 12.9. The molecule has 0 radical (unpaired) electrons. The number of nitrogens with zero attached hydrogens (tertiary/aromatic N) is 1. The van der Waals surface area contributed by atoms with Crippen molar-refractivity contribution < 1.29 is 4.79 Å². The third kappa shape index (κ3) is 4.30. The fourth-order valence-electron chi connectivity index (χ4n) is 3.18. The number of hydrogen-bond acceptors (Lipinski definition) is 3. The number of benzene rings is 1. The molecule has 25 heavy (non-hydrogen) atoms. The summed E-state index contributed by atoms with van der Waals surface area (Å²) in [6.45, 7) is 4.43. The number of H-pyrrole nitrogens is 1. The molecule has 1 unspecified atom stereocenters. The Kier molecular flexibility index (Phi) is 6.79. The lowest BCUT2D eigenvalue weighted by atomic mass is 10.1. The Morgan fingerprint density at radius 1 is 1.20 bits per heavy atom. The monoisotopic (exact) mass is 361 g/mol. The summed E-state index contributed by atoms with van der Waals surface area (Å²) in [6, 6.07) is 13.3. The van der Waals surface area contributed by atoms with E-state index in [-0.39, 0.29) is 35.5 Å². The molecule has 1 saturated heterocycles. The van der Waals surface area contributed by atoms with E-state index in [9.17, 15) is 9.59 Å². The van der Waals surface area contributed by atoms with Gasteiger partial charge in [0.25, 0.3) is 11.5 Å². The van der Waals surface area contributed by atoms with Crippen LogP contribution in [0.25, 0.3) is 11.3 Å². The van der Waals surface area contributed by atoms with Crippen molar-refractivity contribution >= 4 is 18.3 Å². The fraction of sp³-hybridized carbons (Fsp3) is 0.368. The highest BCUT2D eigenvalue weighted by molar-refractivity contribution is 5.94. The van der Waals surface area contributed by atoms with Crippen molar-refractivity contribution in [3.05, 3.63) is 58.4 Å². The molecule has 1 aromatic heterocycles. The summed E-state index contributed by atoms with van der Waals surface area (Å²) in [7, 11) is 0. The minimum atomic E-state index is -0.326. The van der Waals surface area contributed by atoms with Crippen LogP contribution in [0, 0.1) is 0 Å². The van der Waals surface area contributed by atoms with E-state index in [1.807, 2.05) is 42.2 Å². The van der Waals surface area contributed by atoms with Crippen molar-refractivity contribution in [3.8, 4) is 11.3 Å². The van der Waals surface area contributed by atoms with Crippen molar-refractivity contribution in [2.24, 2.45) is 0 Å². The minimum Gasteiger partial charge on any atom is -0.334 e.